The van der Waals surface area contributed by atoms with E-state index in [4.69, 9.17) is 10.00 Å². The van der Waals surface area contributed by atoms with Crippen molar-refractivity contribution in [3.05, 3.63) is 63.5 Å². The summed E-state index contributed by atoms with van der Waals surface area (Å²) in [6, 6.07) is 9.63. The highest BCUT2D eigenvalue weighted by Gasteiger charge is 2.14. The number of nitro groups is 1. The van der Waals surface area contributed by atoms with Gasteiger partial charge in [-0.1, -0.05) is 0 Å². The lowest BCUT2D eigenvalue weighted by atomic mass is 10.2. The molecule has 0 unspecified atom stereocenters. The fraction of sp³-hybridized carbons (Fsp3) is 0.0714. The standard InChI is InChI=1S/C14H9FN2O3/c1-9-6-11(15)2-5-14(9)20-12-3-4-13(17(18)19)10(7-12)8-16/h2-7H,1H3. The number of nitriles is 1. The molecule has 0 atom stereocenters. The molecule has 6 heteroatoms. The molecular formula is C14H9FN2O3. The van der Waals surface area contributed by atoms with Gasteiger partial charge in [-0.05, 0) is 36.8 Å². The monoisotopic (exact) mass is 272 g/mol. The van der Waals surface area contributed by atoms with Crippen molar-refractivity contribution in [1.82, 2.24) is 0 Å². The predicted octanol–water partition coefficient (Wildman–Crippen LogP) is 3.71. The van der Waals surface area contributed by atoms with Crippen LogP contribution in [-0.2, 0) is 0 Å². The number of hydrogen-bond donors (Lipinski definition) is 0. The summed E-state index contributed by atoms with van der Waals surface area (Å²) in [6.45, 7) is 1.68. The molecule has 0 heterocycles. The van der Waals surface area contributed by atoms with Gasteiger partial charge in [-0.2, -0.15) is 5.26 Å². The summed E-state index contributed by atoms with van der Waals surface area (Å²) in [7, 11) is 0. The Balaban J connectivity index is 2.35. The van der Waals surface area contributed by atoms with Crippen molar-refractivity contribution in [2.24, 2.45) is 0 Å². The Hall–Kier alpha value is -2.94. The lowest BCUT2D eigenvalue weighted by Crippen LogP contribution is -1.94. The number of nitro benzene ring substituents is 1. The maximum absolute atomic E-state index is 13.0. The zero-order chi connectivity index (χ0) is 14.7. The number of halogens is 1. The minimum absolute atomic E-state index is 0.0905. The summed E-state index contributed by atoms with van der Waals surface area (Å²) in [5.74, 6) is 0.322. The van der Waals surface area contributed by atoms with Crippen molar-refractivity contribution in [2.75, 3.05) is 0 Å². The second-order valence-corrected chi connectivity index (χ2v) is 4.06. The Bertz CT molecular complexity index is 723. The van der Waals surface area contributed by atoms with E-state index in [1.54, 1.807) is 13.0 Å². The number of hydrogen-bond acceptors (Lipinski definition) is 4. The van der Waals surface area contributed by atoms with E-state index in [2.05, 4.69) is 0 Å². The number of rotatable bonds is 3. The van der Waals surface area contributed by atoms with Crippen LogP contribution in [0.4, 0.5) is 10.1 Å². The highest BCUT2D eigenvalue weighted by Crippen LogP contribution is 2.29. The molecule has 100 valence electrons. The fourth-order valence-electron chi connectivity index (χ4n) is 1.68. The first-order chi connectivity index (χ1) is 9.51. The first-order valence-electron chi connectivity index (χ1n) is 5.64. The van der Waals surface area contributed by atoms with Crippen LogP contribution >= 0.6 is 0 Å². The second-order valence-electron chi connectivity index (χ2n) is 4.06. The van der Waals surface area contributed by atoms with Crippen molar-refractivity contribution >= 4 is 5.69 Å². The Morgan fingerprint density at radius 3 is 2.65 bits per heavy atom. The summed E-state index contributed by atoms with van der Waals surface area (Å²) >= 11 is 0. The molecule has 0 amide bonds. The minimum Gasteiger partial charge on any atom is -0.457 e. The largest absolute Gasteiger partial charge is 0.457 e. The molecular weight excluding hydrogens is 263 g/mol. The third kappa shape index (κ3) is 2.72. The van der Waals surface area contributed by atoms with E-state index in [1.165, 1.54) is 36.4 Å². The SMILES string of the molecule is Cc1cc(F)ccc1Oc1ccc([N+](=O)[O-])c(C#N)c1. The van der Waals surface area contributed by atoms with E-state index in [1.807, 2.05) is 0 Å². The number of nitrogens with zero attached hydrogens (tertiary/aromatic N) is 2. The third-order valence-corrected chi connectivity index (χ3v) is 2.65. The van der Waals surface area contributed by atoms with Gasteiger partial charge in [0.05, 0.1) is 4.92 Å². The summed E-state index contributed by atoms with van der Waals surface area (Å²) in [4.78, 5) is 10.1. The number of ether oxygens (including phenoxy) is 1. The summed E-state index contributed by atoms with van der Waals surface area (Å²) in [5, 5.41) is 19.6. The van der Waals surface area contributed by atoms with E-state index in [0.29, 0.717) is 11.3 Å². The summed E-state index contributed by atoms with van der Waals surface area (Å²) in [6.07, 6.45) is 0. The van der Waals surface area contributed by atoms with Gasteiger partial charge in [0, 0.05) is 12.1 Å². The van der Waals surface area contributed by atoms with Crippen LogP contribution in [0.25, 0.3) is 0 Å². The average molecular weight is 272 g/mol. The smallest absolute Gasteiger partial charge is 0.287 e. The van der Waals surface area contributed by atoms with Gasteiger partial charge < -0.3 is 4.74 Å². The van der Waals surface area contributed by atoms with E-state index in [-0.39, 0.29) is 22.8 Å². The van der Waals surface area contributed by atoms with Crippen molar-refractivity contribution in [3.8, 4) is 17.6 Å². The van der Waals surface area contributed by atoms with Crippen molar-refractivity contribution in [2.45, 2.75) is 6.92 Å². The van der Waals surface area contributed by atoms with Crippen LogP contribution in [0.1, 0.15) is 11.1 Å². The highest BCUT2D eigenvalue weighted by molar-refractivity contribution is 5.53. The molecule has 0 aliphatic carbocycles. The van der Waals surface area contributed by atoms with Gasteiger partial charge in [-0.25, -0.2) is 4.39 Å². The van der Waals surface area contributed by atoms with Gasteiger partial charge in [0.2, 0.25) is 0 Å². The van der Waals surface area contributed by atoms with Crippen LogP contribution in [-0.4, -0.2) is 4.92 Å². The average Bonchev–Trinajstić information content (AvgIpc) is 2.41. The molecule has 0 bridgehead atoms. The van der Waals surface area contributed by atoms with E-state index >= 15 is 0 Å². The van der Waals surface area contributed by atoms with Gasteiger partial charge >= 0.3 is 0 Å². The van der Waals surface area contributed by atoms with Gasteiger partial charge in [0.1, 0.15) is 28.9 Å². The molecule has 0 saturated carbocycles. The molecule has 20 heavy (non-hydrogen) atoms. The molecule has 2 aromatic carbocycles. The molecule has 0 N–H and O–H groups in total. The van der Waals surface area contributed by atoms with Crippen LogP contribution in [0, 0.1) is 34.2 Å². The molecule has 0 radical (unpaired) electrons. The lowest BCUT2D eigenvalue weighted by Gasteiger charge is -2.08. The molecule has 2 aromatic rings. The predicted molar refractivity (Wildman–Crippen MR) is 69.0 cm³/mol. The molecule has 0 fully saturated rings. The minimum atomic E-state index is -0.633. The number of aryl methyl sites for hydroxylation is 1. The summed E-state index contributed by atoms with van der Waals surface area (Å²) in [5.41, 5.74) is 0.213. The molecule has 2 rings (SSSR count). The normalized spacial score (nSPS) is 9.85. The molecule has 0 saturated heterocycles. The van der Waals surface area contributed by atoms with Gasteiger partial charge in [-0.3, -0.25) is 10.1 Å². The molecule has 5 nitrogen and oxygen atoms in total. The maximum Gasteiger partial charge on any atom is 0.287 e. The second kappa shape index (κ2) is 5.36. The van der Waals surface area contributed by atoms with Crippen molar-refractivity contribution < 1.29 is 14.1 Å². The summed E-state index contributed by atoms with van der Waals surface area (Å²) < 4.78 is 18.5. The van der Waals surface area contributed by atoms with E-state index in [0.717, 1.165) is 0 Å². The van der Waals surface area contributed by atoms with E-state index < -0.39 is 4.92 Å². The Morgan fingerprint density at radius 1 is 1.30 bits per heavy atom. The van der Waals surface area contributed by atoms with E-state index in [9.17, 15) is 14.5 Å². The molecule has 0 spiro atoms. The zero-order valence-electron chi connectivity index (χ0n) is 10.5. The molecule has 0 aliphatic heterocycles. The highest BCUT2D eigenvalue weighted by atomic mass is 19.1. The molecule has 0 aliphatic rings. The Morgan fingerprint density at radius 2 is 2.05 bits per heavy atom. The fourth-order valence-corrected chi connectivity index (χ4v) is 1.68. The first-order valence-corrected chi connectivity index (χ1v) is 5.64. The third-order valence-electron chi connectivity index (χ3n) is 2.65. The van der Waals surface area contributed by atoms with Crippen LogP contribution < -0.4 is 4.74 Å². The Labute approximate surface area is 114 Å². The van der Waals surface area contributed by atoms with Crippen molar-refractivity contribution in [3.63, 3.8) is 0 Å². The lowest BCUT2D eigenvalue weighted by molar-refractivity contribution is -0.385. The molecule has 0 aromatic heterocycles. The number of benzene rings is 2. The van der Waals surface area contributed by atoms with Crippen LogP contribution in [0.3, 0.4) is 0 Å². The van der Waals surface area contributed by atoms with Crippen molar-refractivity contribution in [1.29, 1.82) is 5.26 Å². The van der Waals surface area contributed by atoms with Crippen LogP contribution in [0.15, 0.2) is 36.4 Å². The zero-order valence-corrected chi connectivity index (χ0v) is 10.5. The quantitative estimate of drug-likeness (QED) is 0.630. The van der Waals surface area contributed by atoms with Gasteiger partial charge in [-0.15, -0.1) is 0 Å². The topological polar surface area (TPSA) is 76.2 Å². The van der Waals surface area contributed by atoms with Crippen LogP contribution in [0.2, 0.25) is 0 Å². The first kappa shape index (κ1) is 13.5. The Kier molecular flexibility index (Phi) is 3.62. The van der Waals surface area contributed by atoms with Crippen LogP contribution in [0.5, 0.6) is 11.5 Å². The maximum atomic E-state index is 13.0. The van der Waals surface area contributed by atoms with Gasteiger partial charge in [0.25, 0.3) is 5.69 Å². The van der Waals surface area contributed by atoms with Gasteiger partial charge in [0.15, 0.2) is 0 Å².